The van der Waals surface area contributed by atoms with Crippen LogP contribution in [0.3, 0.4) is 0 Å². The van der Waals surface area contributed by atoms with Crippen LogP contribution in [0.1, 0.15) is 59.3 Å². The normalized spacial score (nSPS) is 44.6. The standard InChI is InChI=1S/C20H30O2/c1-4-5-8-20(2,3)22-19(21)16-11-14-10-15(16)18-13-7-6-12(9-13)17(14)18/h6-7,12-18H,4-5,8-11H2,1-3H3. The number of rotatable bonds is 5. The van der Waals surface area contributed by atoms with E-state index in [4.69, 9.17) is 4.74 Å². The van der Waals surface area contributed by atoms with E-state index in [1.807, 2.05) is 0 Å². The van der Waals surface area contributed by atoms with Crippen LogP contribution in [0, 0.1) is 41.4 Å². The van der Waals surface area contributed by atoms with Gasteiger partial charge in [0.2, 0.25) is 0 Å². The zero-order chi connectivity index (χ0) is 15.5. The smallest absolute Gasteiger partial charge is 0.309 e. The Morgan fingerprint density at radius 1 is 1.14 bits per heavy atom. The molecule has 0 amide bonds. The summed E-state index contributed by atoms with van der Waals surface area (Å²) in [6.45, 7) is 6.35. The second kappa shape index (κ2) is 5.11. The van der Waals surface area contributed by atoms with Gasteiger partial charge >= 0.3 is 5.97 Å². The third-order valence-corrected chi connectivity index (χ3v) is 7.08. The zero-order valence-electron chi connectivity index (χ0n) is 14.3. The van der Waals surface area contributed by atoms with Crippen LogP contribution in [-0.4, -0.2) is 11.6 Å². The number of ether oxygens (including phenoxy) is 1. The number of hydrogen-bond donors (Lipinski definition) is 0. The summed E-state index contributed by atoms with van der Waals surface area (Å²) < 4.78 is 5.95. The molecule has 0 radical (unpaired) electrons. The molecule has 0 saturated heterocycles. The largest absolute Gasteiger partial charge is 0.459 e. The molecule has 122 valence electrons. The lowest BCUT2D eigenvalue weighted by atomic mass is 9.69. The van der Waals surface area contributed by atoms with E-state index >= 15 is 0 Å². The van der Waals surface area contributed by atoms with Crippen LogP contribution in [-0.2, 0) is 9.53 Å². The van der Waals surface area contributed by atoms with Crippen LogP contribution in [0.25, 0.3) is 0 Å². The number of allylic oxidation sites excluding steroid dienone is 2. The summed E-state index contributed by atoms with van der Waals surface area (Å²) in [5, 5.41) is 0. The molecule has 2 heteroatoms. The fourth-order valence-electron chi connectivity index (χ4n) is 6.29. The fraction of sp³-hybridized carbons (Fsp3) is 0.850. The van der Waals surface area contributed by atoms with Crippen molar-refractivity contribution in [3.05, 3.63) is 12.2 Å². The Morgan fingerprint density at radius 2 is 1.86 bits per heavy atom. The molecule has 0 aliphatic heterocycles. The quantitative estimate of drug-likeness (QED) is 0.422. The Balaban J connectivity index is 1.43. The summed E-state index contributed by atoms with van der Waals surface area (Å²) in [5.41, 5.74) is -0.289. The maximum atomic E-state index is 12.8. The maximum Gasteiger partial charge on any atom is 0.309 e. The number of hydrogen-bond acceptors (Lipinski definition) is 2. The van der Waals surface area contributed by atoms with E-state index in [-0.39, 0.29) is 17.5 Å². The molecular formula is C20H30O2. The maximum absolute atomic E-state index is 12.8. The SMILES string of the molecule is CCCCC(C)(C)OC(=O)C1CC2CC1C1C3C=CC(C3)C21. The van der Waals surface area contributed by atoms with Gasteiger partial charge in [0.1, 0.15) is 5.60 Å². The first-order valence-corrected chi connectivity index (χ1v) is 9.41. The minimum atomic E-state index is -0.289. The van der Waals surface area contributed by atoms with Gasteiger partial charge < -0.3 is 4.74 Å². The third kappa shape index (κ3) is 2.17. The van der Waals surface area contributed by atoms with Gasteiger partial charge in [0.05, 0.1) is 5.92 Å². The van der Waals surface area contributed by atoms with Gasteiger partial charge in [-0.15, -0.1) is 0 Å². The molecule has 0 aromatic rings. The van der Waals surface area contributed by atoms with E-state index in [9.17, 15) is 4.79 Å². The summed E-state index contributed by atoms with van der Waals surface area (Å²) in [6, 6.07) is 0. The molecule has 0 aromatic heterocycles. The van der Waals surface area contributed by atoms with Crippen molar-refractivity contribution < 1.29 is 9.53 Å². The summed E-state index contributed by atoms with van der Waals surface area (Å²) >= 11 is 0. The molecular weight excluding hydrogens is 272 g/mol. The van der Waals surface area contributed by atoms with Crippen molar-refractivity contribution in [1.82, 2.24) is 0 Å². The Bertz CT molecular complexity index is 492. The summed E-state index contributed by atoms with van der Waals surface area (Å²) in [6.07, 6.45) is 11.9. The molecule has 2 nitrogen and oxygen atoms in total. The van der Waals surface area contributed by atoms with Crippen LogP contribution >= 0.6 is 0 Å². The van der Waals surface area contributed by atoms with Crippen molar-refractivity contribution in [2.45, 2.75) is 64.9 Å². The Kier molecular flexibility index (Phi) is 3.43. The van der Waals surface area contributed by atoms with Crippen LogP contribution in [0.15, 0.2) is 12.2 Å². The first kappa shape index (κ1) is 14.8. The molecule has 0 aromatic carbocycles. The van der Waals surface area contributed by atoms with Gasteiger partial charge in [-0.3, -0.25) is 4.79 Å². The van der Waals surface area contributed by atoms with E-state index < -0.39 is 0 Å². The Hall–Kier alpha value is -0.790. The Morgan fingerprint density at radius 3 is 2.59 bits per heavy atom. The first-order valence-electron chi connectivity index (χ1n) is 9.41. The molecule has 4 aliphatic carbocycles. The highest BCUT2D eigenvalue weighted by Crippen LogP contribution is 2.67. The summed E-state index contributed by atoms with van der Waals surface area (Å²) in [7, 11) is 0. The summed E-state index contributed by atoms with van der Waals surface area (Å²) in [4.78, 5) is 12.8. The minimum absolute atomic E-state index is 0.110. The second-order valence-electron chi connectivity index (χ2n) is 8.89. The number of fused-ring (bicyclic) bond motifs is 9. The van der Waals surface area contributed by atoms with Crippen LogP contribution in [0.2, 0.25) is 0 Å². The molecule has 0 spiro atoms. The molecule has 4 bridgehead atoms. The lowest BCUT2D eigenvalue weighted by molar-refractivity contribution is -0.165. The number of unbranched alkanes of at least 4 members (excludes halogenated alkanes) is 1. The van der Waals surface area contributed by atoms with E-state index in [1.165, 1.54) is 12.8 Å². The lowest BCUT2D eigenvalue weighted by Crippen LogP contribution is -2.38. The van der Waals surface area contributed by atoms with E-state index in [2.05, 4.69) is 32.9 Å². The average molecular weight is 302 g/mol. The molecule has 0 N–H and O–H groups in total. The fourth-order valence-corrected chi connectivity index (χ4v) is 6.29. The van der Waals surface area contributed by atoms with Gasteiger partial charge in [-0.25, -0.2) is 0 Å². The van der Waals surface area contributed by atoms with Gasteiger partial charge in [0, 0.05) is 0 Å². The highest BCUT2D eigenvalue weighted by atomic mass is 16.6. The van der Waals surface area contributed by atoms with Crippen molar-refractivity contribution in [2.24, 2.45) is 41.4 Å². The van der Waals surface area contributed by atoms with Crippen LogP contribution < -0.4 is 0 Å². The van der Waals surface area contributed by atoms with Gasteiger partial charge in [-0.1, -0.05) is 25.5 Å². The third-order valence-electron chi connectivity index (χ3n) is 7.08. The molecule has 4 aliphatic rings. The highest BCUT2D eigenvalue weighted by Gasteiger charge is 2.62. The molecule has 7 atom stereocenters. The van der Waals surface area contributed by atoms with Gasteiger partial charge in [0.25, 0.3) is 0 Å². The predicted octanol–water partition coefficient (Wildman–Crippen LogP) is 4.59. The van der Waals surface area contributed by atoms with Crippen molar-refractivity contribution in [3.63, 3.8) is 0 Å². The van der Waals surface area contributed by atoms with Gasteiger partial charge in [-0.05, 0) is 81.5 Å². The Labute approximate surface area is 134 Å². The van der Waals surface area contributed by atoms with Crippen molar-refractivity contribution >= 4 is 5.97 Å². The van der Waals surface area contributed by atoms with E-state index in [0.717, 1.165) is 55.3 Å². The highest BCUT2D eigenvalue weighted by molar-refractivity contribution is 5.74. The molecule has 3 fully saturated rings. The van der Waals surface area contributed by atoms with Crippen LogP contribution in [0.4, 0.5) is 0 Å². The van der Waals surface area contributed by atoms with Gasteiger partial charge in [-0.2, -0.15) is 0 Å². The summed E-state index contributed by atoms with van der Waals surface area (Å²) in [5.74, 6) is 5.02. The first-order chi connectivity index (χ1) is 10.5. The minimum Gasteiger partial charge on any atom is -0.459 e. The van der Waals surface area contributed by atoms with Crippen LogP contribution in [0.5, 0.6) is 0 Å². The topological polar surface area (TPSA) is 26.3 Å². The predicted molar refractivity (Wildman–Crippen MR) is 87.1 cm³/mol. The zero-order valence-corrected chi connectivity index (χ0v) is 14.3. The second-order valence-corrected chi connectivity index (χ2v) is 8.89. The molecule has 4 rings (SSSR count). The van der Waals surface area contributed by atoms with Crippen molar-refractivity contribution in [2.75, 3.05) is 0 Å². The van der Waals surface area contributed by atoms with E-state index in [1.54, 1.807) is 0 Å². The van der Waals surface area contributed by atoms with E-state index in [0.29, 0.717) is 5.92 Å². The van der Waals surface area contributed by atoms with Gasteiger partial charge in [0.15, 0.2) is 0 Å². The lowest BCUT2D eigenvalue weighted by Gasteiger charge is -2.37. The van der Waals surface area contributed by atoms with Crippen molar-refractivity contribution in [1.29, 1.82) is 0 Å². The van der Waals surface area contributed by atoms with Crippen molar-refractivity contribution in [3.8, 4) is 0 Å². The number of carbonyl (C=O) groups is 1. The molecule has 22 heavy (non-hydrogen) atoms. The molecule has 3 saturated carbocycles. The average Bonchev–Trinajstić information content (AvgIpc) is 3.21. The molecule has 7 unspecified atom stereocenters. The molecule has 0 heterocycles. The number of carbonyl (C=O) groups excluding carboxylic acids is 1. The number of esters is 1. The monoisotopic (exact) mass is 302 g/mol.